The molecule has 1 aliphatic rings. The third-order valence-electron chi connectivity index (χ3n) is 5.13. The van der Waals surface area contributed by atoms with Crippen LogP contribution in [0.3, 0.4) is 0 Å². The van der Waals surface area contributed by atoms with Crippen LogP contribution in [0.2, 0.25) is 0 Å². The second kappa shape index (κ2) is 15.3. The molecule has 2 rings (SSSR count). The average molecular weight is 560 g/mol. The number of rotatable bonds is 10. The molecule has 1 saturated heterocycles. The van der Waals surface area contributed by atoms with Crippen molar-refractivity contribution in [3.8, 4) is 0 Å². The summed E-state index contributed by atoms with van der Waals surface area (Å²) in [4.78, 5) is 23.3. The second-order valence-electron chi connectivity index (χ2n) is 9.10. The van der Waals surface area contributed by atoms with Gasteiger partial charge < -0.3 is 20.3 Å². The largest absolute Gasteiger partial charge is 0.460 e. The summed E-state index contributed by atoms with van der Waals surface area (Å²) in [7, 11) is 0. The van der Waals surface area contributed by atoms with Gasteiger partial charge in [-0.25, -0.2) is 4.98 Å². The molecule has 8 heteroatoms. The van der Waals surface area contributed by atoms with Crippen molar-refractivity contribution in [3.63, 3.8) is 0 Å². The van der Waals surface area contributed by atoms with Crippen LogP contribution in [-0.2, 0) is 9.53 Å². The van der Waals surface area contributed by atoms with Crippen LogP contribution in [0.4, 0.5) is 5.82 Å². The molecule has 32 heavy (non-hydrogen) atoms. The van der Waals surface area contributed by atoms with E-state index in [1.54, 1.807) is 0 Å². The number of ether oxygens (including phenoxy) is 1. The molecule has 0 saturated carbocycles. The fourth-order valence-corrected chi connectivity index (χ4v) is 3.63. The average Bonchev–Trinajstić information content (AvgIpc) is 2.73. The molecule has 0 aliphatic carbocycles. The number of esters is 1. The van der Waals surface area contributed by atoms with Gasteiger partial charge in [0.25, 0.3) is 0 Å². The van der Waals surface area contributed by atoms with Gasteiger partial charge in [0.05, 0.1) is 0 Å². The third-order valence-corrected chi connectivity index (χ3v) is 5.13. The number of hydrogen-bond donors (Lipinski definition) is 2. The SMILES string of the molecule is CCNC(=NCCCCCCC(=O)OC(C)(C)C)NC1CCN(c2ccccn2)CC1.I. The predicted molar refractivity (Wildman–Crippen MR) is 143 cm³/mol. The van der Waals surface area contributed by atoms with Gasteiger partial charge in [0.2, 0.25) is 0 Å². The molecule has 0 unspecified atom stereocenters. The highest BCUT2D eigenvalue weighted by atomic mass is 127. The lowest BCUT2D eigenvalue weighted by molar-refractivity contribution is -0.154. The number of carbonyl (C=O) groups is 1. The third kappa shape index (κ3) is 11.9. The summed E-state index contributed by atoms with van der Waals surface area (Å²) in [5, 5.41) is 6.96. The number of carbonyl (C=O) groups excluding carboxylic acids is 1. The maximum atomic E-state index is 11.7. The molecule has 0 bridgehead atoms. The molecule has 2 heterocycles. The number of nitrogens with zero attached hydrogens (tertiary/aromatic N) is 3. The predicted octanol–water partition coefficient (Wildman–Crippen LogP) is 4.52. The van der Waals surface area contributed by atoms with Crippen LogP contribution in [0, 0.1) is 0 Å². The summed E-state index contributed by atoms with van der Waals surface area (Å²) in [6.07, 6.45) is 8.53. The van der Waals surface area contributed by atoms with Gasteiger partial charge in [0, 0.05) is 44.8 Å². The summed E-state index contributed by atoms with van der Waals surface area (Å²) in [5.74, 6) is 1.87. The zero-order valence-electron chi connectivity index (χ0n) is 20.2. The van der Waals surface area contributed by atoms with Crippen LogP contribution in [0.5, 0.6) is 0 Å². The van der Waals surface area contributed by atoms with Gasteiger partial charge in [-0.15, -0.1) is 24.0 Å². The normalized spacial score (nSPS) is 15.1. The number of nitrogens with one attached hydrogen (secondary N) is 2. The molecule has 0 spiro atoms. The van der Waals surface area contributed by atoms with Gasteiger partial charge in [0.1, 0.15) is 11.4 Å². The lowest BCUT2D eigenvalue weighted by Gasteiger charge is -2.33. The molecule has 0 radical (unpaired) electrons. The van der Waals surface area contributed by atoms with E-state index in [0.29, 0.717) is 12.5 Å². The highest BCUT2D eigenvalue weighted by Crippen LogP contribution is 2.17. The molecule has 0 atom stereocenters. The number of guanidine groups is 1. The maximum absolute atomic E-state index is 11.7. The van der Waals surface area contributed by atoms with Gasteiger partial charge in [0.15, 0.2) is 5.96 Å². The molecule has 7 nitrogen and oxygen atoms in total. The quantitative estimate of drug-likeness (QED) is 0.144. The fraction of sp³-hybridized carbons (Fsp3) is 0.708. The van der Waals surface area contributed by atoms with E-state index >= 15 is 0 Å². The minimum Gasteiger partial charge on any atom is -0.460 e. The number of anilines is 1. The summed E-state index contributed by atoms with van der Waals surface area (Å²) in [5.41, 5.74) is -0.392. The smallest absolute Gasteiger partial charge is 0.306 e. The molecule has 182 valence electrons. The lowest BCUT2D eigenvalue weighted by Crippen LogP contribution is -2.49. The Morgan fingerprint density at radius 1 is 1.19 bits per heavy atom. The van der Waals surface area contributed by atoms with Crippen molar-refractivity contribution in [2.24, 2.45) is 4.99 Å². The Hall–Kier alpha value is -1.58. The van der Waals surface area contributed by atoms with E-state index in [1.165, 1.54) is 0 Å². The van der Waals surface area contributed by atoms with Crippen molar-refractivity contribution in [2.45, 2.75) is 84.3 Å². The first-order valence-electron chi connectivity index (χ1n) is 11.8. The van der Waals surface area contributed by atoms with E-state index in [2.05, 4.69) is 33.5 Å². The Morgan fingerprint density at radius 3 is 2.53 bits per heavy atom. The monoisotopic (exact) mass is 559 g/mol. The van der Waals surface area contributed by atoms with Crippen molar-refractivity contribution < 1.29 is 9.53 Å². The van der Waals surface area contributed by atoms with E-state index in [0.717, 1.165) is 76.5 Å². The first-order valence-corrected chi connectivity index (χ1v) is 11.8. The summed E-state index contributed by atoms with van der Waals surface area (Å²) in [6.45, 7) is 11.5. The number of pyridine rings is 1. The Labute approximate surface area is 211 Å². The van der Waals surface area contributed by atoms with E-state index in [9.17, 15) is 4.79 Å². The Kier molecular flexibility index (Phi) is 13.6. The van der Waals surface area contributed by atoms with Crippen LogP contribution < -0.4 is 15.5 Å². The number of aliphatic imine (C=N–C) groups is 1. The molecule has 1 fully saturated rings. The van der Waals surface area contributed by atoms with E-state index in [1.807, 2.05) is 39.1 Å². The number of aromatic nitrogens is 1. The number of piperidine rings is 1. The van der Waals surface area contributed by atoms with E-state index < -0.39 is 5.60 Å². The highest BCUT2D eigenvalue weighted by molar-refractivity contribution is 14.0. The van der Waals surface area contributed by atoms with Gasteiger partial charge in [-0.1, -0.05) is 18.9 Å². The number of hydrogen-bond acceptors (Lipinski definition) is 5. The van der Waals surface area contributed by atoms with Crippen LogP contribution in [0.25, 0.3) is 0 Å². The summed E-state index contributed by atoms with van der Waals surface area (Å²) < 4.78 is 5.34. The van der Waals surface area contributed by atoms with Crippen molar-refractivity contribution in [1.82, 2.24) is 15.6 Å². The van der Waals surface area contributed by atoms with Gasteiger partial charge in [-0.2, -0.15) is 0 Å². The topological polar surface area (TPSA) is 78.8 Å². The van der Waals surface area contributed by atoms with Crippen LogP contribution >= 0.6 is 24.0 Å². The minimum atomic E-state index is -0.392. The van der Waals surface area contributed by atoms with Gasteiger partial charge >= 0.3 is 5.97 Å². The van der Waals surface area contributed by atoms with E-state index in [4.69, 9.17) is 9.73 Å². The van der Waals surface area contributed by atoms with Crippen LogP contribution in [0.15, 0.2) is 29.4 Å². The standard InChI is InChI=1S/C24H41N5O2.HI/c1-5-25-23(27-17-10-7-6-8-13-22(30)31-24(2,3)4)28-20-14-18-29(19-15-20)21-12-9-11-16-26-21;/h9,11-12,16,20H,5-8,10,13-15,17-19H2,1-4H3,(H2,25,27,28);1H. The lowest BCUT2D eigenvalue weighted by atomic mass is 10.1. The van der Waals surface area contributed by atoms with Crippen molar-refractivity contribution >= 4 is 41.7 Å². The number of halogens is 1. The van der Waals surface area contributed by atoms with E-state index in [-0.39, 0.29) is 29.9 Å². The van der Waals surface area contributed by atoms with Crippen LogP contribution in [0.1, 0.15) is 72.6 Å². The molecule has 0 amide bonds. The summed E-state index contributed by atoms with van der Waals surface area (Å²) in [6, 6.07) is 6.51. The first-order chi connectivity index (χ1) is 14.9. The Balaban J connectivity index is 0.00000512. The molecular weight excluding hydrogens is 517 g/mol. The zero-order valence-corrected chi connectivity index (χ0v) is 22.6. The molecule has 2 N–H and O–H groups in total. The maximum Gasteiger partial charge on any atom is 0.306 e. The van der Waals surface area contributed by atoms with Crippen molar-refractivity contribution in [3.05, 3.63) is 24.4 Å². The zero-order chi connectivity index (χ0) is 22.5. The molecule has 1 aromatic rings. The fourth-order valence-electron chi connectivity index (χ4n) is 3.63. The van der Waals surface area contributed by atoms with Crippen molar-refractivity contribution in [2.75, 3.05) is 31.1 Å². The molecule has 1 aromatic heterocycles. The Bertz CT molecular complexity index is 671. The summed E-state index contributed by atoms with van der Waals surface area (Å²) >= 11 is 0. The van der Waals surface area contributed by atoms with Gasteiger partial charge in [-0.3, -0.25) is 9.79 Å². The molecular formula is C24H42IN5O2. The van der Waals surface area contributed by atoms with Gasteiger partial charge in [-0.05, 0) is 65.5 Å². The Morgan fingerprint density at radius 2 is 1.91 bits per heavy atom. The second-order valence-corrected chi connectivity index (χ2v) is 9.10. The first kappa shape index (κ1) is 28.5. The minimum absolute atomic E-state index is 0. The number of unbranched alkanes of at least 4 members (excludes halogenated alkanes) is 3. The molecule has 1 aliphatic heterocycles. The van der Waals surface area contributed by atoms with Crippen molar-refractivity contribution in [1.29, 1.82) is 0 Å². The highest BCUT2D eigenvalue weighted by Gasteiger charge is 2.20. The molecule has 0 aromatic carbocycles. The van der Waals surface area contributed by atoms with Crippen LogP contribution in [-0.4, -0.2) is 54.7 Å².